The van der Waals surface area contributed by atoms with Crippen molar-refractivity contribution in [1.82, 2.24) is 9.80 Å². The van der Waals surface area contributed by atoms with Crippen molar-refractivity contribution in [2.45, 2.75) is 38.1 Å². The molecule has 2 aliphatic rings. The lowest BCUT2D eigenvalue weighted by Crippen LogP contribution is -2.47. The molecule has 3 rings (SSSR count). The van der Waals surface area contributed by atoms with Gasteiger partial charge in [-0.25, -0.2) is 0 Å². The smallest absolute Gasteiger partial charge is 0.225 e. The molecule has 0 atom stereocenters. The summed E-state index contributed by atoms with van der Waals surface area (Å²) in [6.07, 6.45) is 4.85. The Balaban J connectivity index is 1.37. The SMILES string of the molecule is CN(CCCN1CCN(c2cccc(Cl)c2Cl)CC1)C(=O)C1CCC(N)CC1. The molecule has 0 spiro atoms. The van der Waals surface area contributed by atoms with E-state index in [-0.39, 0.29) is 12.0 Å². The van der Waals surface area contributed by atoms with Gasteiger partial charge in [0.15, 0.2) is 0 Å². The molecule has 0 radical (unpaired) electrons. The number of nitrogens with two attached hydrogens (primary N) is 1. The number of hydrogen-bond acceptors (Lipinski definition) is 4. The van der Waals surface area contributed by atoms with Crippen LogP contribution < -0.4 is 10.6 Å². The van der Waals surface area contributed by atoms with Crippen LogP contribution in [0.1, 0.15) is 32.1 Å². The zero-order valence-electron chi connectivity index (χ0n) is 16.7. The van der Waals surface area contributed by atoms with Crippen LogP contribution in [0, 0.1) is 5.92 Å². The van der Waals surface area contributed by atoms with Gasteiger partial charge in [0, 0.05) is 51.7 Å². The van der Waals surface area contributed by atoms with E-state index in [4.69, 9.17) is 28.9 Å². The molecule has 1 saturated heterocycles. The highest BCUT2D eigenvalue weighted by atomic mass is 35.5. The van der Waals surface area contributed by atoms with E-state index < -0.39 is 0 Å². The zero-order chi connectivity index (χ0) is 20.1. The van der Waals surface area contributed by atoms with Gasteiger partial charge in [-0.1, -0.05) is 29.3 Å². The molecule has 2 fully saturated rings. The van der Waals surface area contributed by atoms with Gasteiger partial charge in [-0.15, -0.1) is 0 Å². The van der Waals surface area contributed by atoms with Crippen molar-refractivity contribution in [1.29, 1.82) is 0 Å². The first-order valence-electron chi connectivity index (χ1n) is 10.4. The largest absolute Gasteiger partial charge is 0.368 e. The first-order chi connectivity index (χ1) is 13.5. The molecule has 5 nitrogen and oxygen atoms in total. The van der Waals surface area contributed by atoms with Gasteiger partial charge in [-0.3, -0.25) is 9.69 Å². The predicted octanol–water partition coefficient (Wildman–Crippen LogP) is 3.48. The number of hydrogen-bond donors (Lipinski definition) is 1. The maximum atomic E-state index is 12.6. The summed E-state index contributed by atoms with van der Waals surface area (Å²) in [5, 5.41) is 1.25. The predicted molar refractivity (Wildman–Crippen MR) is 117 cm³/mol. The van der Waals surface area contributed by atoms with Gasteiger partial charge >= 0.3 is 0 Å². The topological polar surface area (TPSA) is 52.8 Å². The minimum atomic E-state index is 0.177. The summed E-state index contributed by atoms with van der Waals surface area (Å²) < 4.78 is 0. The number of halogens is 2. The average molecular weight is 427 g/mol. The number of piperazine rings is 1. The molecule has 1 aliphatic carbocycles. The van der Waals surface area contributed by atoms with E-state index in [1.807, 2.05) is 30.1 Å². The molecule has 28 heavy (non-hydrogen) atoms. The molecular formula is C21H32Cl2N4O. The summed E-state index contributed by atoms with van der Waals surface area (Å²) in [5.74, 6) is 0.475. The van der Waals surface area contributed by atoms with E-state index in [1.165, 1.54) is 0 Å². The fourth-order valence-electron chi connectivity index (χ4n) is 4.27. The van der Waals surface area contributed by atoms with Crippen molar-refractivity contribution < 1.29 is 4.79 Å². The van der Waals surface area contributed by atoms with Crippen molar-refractivity contribution >= 4 is 34.8 Å². The Labute approximate surface area is 178 Å². The van der Waals surface area contributed by atoms with Crippen LogP contribution in [0.5, 0.6) is 0 Å². The molecule has 1 heterocycles. The maximum absolute atomic E-state index is 12.6. The van der Waals surface area contributed by atoms with Crippen molar-refractivity contribution in [3.8, 4) is 0 Å². The molecule has 0 aromatic heterocycles. The molecule has 1 amide bonds. The van der Waals surface area contributed by atoms with Gasteiger partial charge in [0.2, 0.25) is 5.91 Å². The lowest BCUT2D eigenvalue weighted by molar-refractivity contribution is -0.135. The van der Waals surface area contributed by atoms with Crippen LogP contribution in [0.3, 0.4) is 0 Å². The summed E-state index contributed by atoms with van der Waals surface area (Å²) in [6, 6.07) is 6.09. The second-order valence-corrected chi connectivity index (χ2v) is 8.91. The number of benzene rings is 1. The van der Waals surface area contributed by atoms with Crippen LogP contribution in [0.2, 0.25) is 10.0 Å². The fraction of sp³-hybridized carbons (Fsp3) is 0.667. The Kier molecular flexibility index (Phi) is 7.86. The van der Waals surface area contributed by atoms with Gasteiger partial charge in [0.05, 0.1) is 15.7 Å². The minimum absolute atomic E-state index is 0.177. The Morgan fingerprint density at radius 1 is 1.14 bits per heavy atom. The molecule has 7 heteroatoms. The fourth-order valence-corrected chi connectivity index (χ4v) is 4.68. The monoisotopic (exact) mass is 426 g/mol. The number of rotatable bonds is 6. The Bertz CT molecular complexity index is 656. The van der Waals surface area contributed by atoms with Crippen molar-refractivity contribution in [3.63, 3.8) is 0 Å². The molecule has 1 saturated carbocycles. The van der Waals surface area contributed by atoms with Crippen LogP contribution in [-0.4, -0.2) is 68.1 Å². The van der Waals surface area contributed by atoms with Crippen LogP contribution in [0.15, 0.2) is 18.2 Å². The molecular weight excluding hydrogens is 395 g/mol. The number of amides is 1. The van der Waals surface area contributed by atoms with Gasteiger partial charge < -0.3 is 15.5 Å². The molecule has 156 valence electrons. The normalized spacial score (nSPS) is 23.6. The zero-order valence-corrected chi connectivity index (χ0v) is 18.3. The first-order valence-corrected chi connectivity index (χ1v) is 11.1. The van der Waals surface area contributed by atoms with Crippen LogP contribution in [0.25, 0.3) is 0 Å². The highest BCUT2D eigenvalue weighted by molar-refractivity contribution is 6.43. The quantitative estimate of drug-likeness (QED) is 0.756. The molecule has 0 bridgehead atoms. The van der Waals surface area contributed by atoms with E-state index in [9.17, 15) is 4.79 Å². The number of carbonyl (C=O) groups excluding carboxylic acids is 1. The molecule has 1 aliphatic heterocycles. The third kappa shape index (κ3) is 5.53. The van der Waals surface area contributed by atoms with Gasteiger partial charge in [-0.2, -0.15) is 0 Å². The van der Waals surface area contributed by atoms with E-state index in [2.05, 4.69) is 9.80 Å². The van der Waals surface area contributed by atoms with Gasteiger partial charge in [-0.05, 0) is 50.8 Å². The average Bonchev–Trinajstić information content (AvgIpc) is 2.70. The Hall–Kier alpha value is -1.01. The number of nitrogens with zero attached hydrogens (tertiary/aromatic N) is 3. The number of anilines is 1. The summed E-state index contributed by atoms with van der Waals surface area (Å²) in [5.41, 5.74) is 6.97. The second-order valence-electron chi connectivity index (χ2n) is 8.13. The lowest BCUT2D eigenvalue weighted by atomic mass is 9.85. The van der Waals surface area contributed by atoms with Gasteiger partial charge in [0.25, 0.3) is 0 Å². The molecule has 0 unspecified atom stereocenters. The summed E-state index contributed by atoms with van der Waals surface area (Å²) in [4.78, 5) is 19.3. The van der Waals surface area contributed by atoms with Crippen molar-refractivity contribution in [2.75, 3.05) is 51.2 Å². The third-order valence-corrected chi connectivity index (χ3v) is 6.92. The molecule has 1 aromatic carbocycles. The third-order valence-electron chi connectivity index (χ3n) is 6.11. The molecule has 2 N–H and O–H groups in total. The standard InChI is InChI=1S/C21H32Cl2N4O/c1-25(21(28)16-6-8-17(24)9-7-16)10-3-11-26-12-14-27(15-13-26)19-5-2-4-18(22)20(19)23/h2,4-5,16-17H,3,6-15,24H2,1H3. The number of carbonyl (C=O) groups is 1. The van der Waals surface area contributed by atoms with E-state index >= 15 is 0 Å². The van der Waals surface area contributed by atoms with E-state index in [1.54, 1.807) is 0 Å². The van der Waals surface area contributed by atoms with Crippen LogP contribution in [0.4, 0.5) is 5.69 Å². The van der Waals surface area contributed by atoms with Crippen molar-refractivity contribution in [2.24, 2.45) is 11.7 Å². The highest BCUT2D eigenvalue weighted by Gasteiger charge is 2.27. The first kappa shape index (κ1) is 21.7. The summed E-state index contributed by atoms with van der Waals surface area (Å²) >= 11 is 12.5. The minimum Gasteiger partial charge on any atom is -0.368 e. The van der Waals surface area contributed by atoms with E-state index in [0.29, 0.717) is 16.0 Å². The highest BCUT2D eigenvalue weighted by Crippen LogP contribution is 2.32. The maximum Gasteiger partial charge on any atom is 0.225 e. The van der Waals surface area contributed by atoms with Gasteiger partial charge in [0.1, 0.15) is 0 Å². The van der Waals surface area contributed by atoms with Crippen LogP contribution in [-0.2, 0) is 4.79 Å². The summed E-state index contributed by atoms with van der Waals surface area (Å²) in [6.45, 7) is 5.72. The Morgan fingerprint density at radius 2 is 1.82 bits per heavy atom. The summed E-state index contributed by atoms with van der Waals surface area (Å²) in [7, 11) is 1.94. The lowest BCUT2D eigenvalue weighted by Gasteiger charge is -2.37. The molecule has 1 aromatic rings. The van der Waals surface area contributed by atoms with E-state index in [0.717, 1.165) is 77.1 Å². The second kappa shape index (κ2) is 10.1. The van der Waals surface area contributed by atoms with Crippen LogP contribution >= 0.6 is 23.2 Å². The van der Waals surface area contributed by atoms with Crippen molar-refractivity contribution in [3.05, 3.63) is 28.2 Å². The Morgan fingerprint density at radius 3 is 2.50 bits per heavy atom.